The van der Waals surface area contributed by atoms with Gasteiger partial charge < -0.3 is 15.2 Å². The largest absolute Gasteiger partial charge is 0.445 e. The van der Waals surface area contributed by atoms with Gasteiger partial charge in [-0.25, -0.2) is 4.79 Å². The Labute approximate surface area is 65.9 Å². The monoisotopic (exact) mass is 159 g/mol. The van der Waals surface area contributed by atoms with Crippen molar-refractivity contribution in [3.8, 4) is 0 Å². The van der Waals surface area contributed by atoms with Crippen LogP contribution in [0.15, 0.2) is 12.7 Å². The SMILES string of the molecule is C=CCOC(=O)NCCCO. The number of ether oxygens (including phenoxy) is 1. The Hall–Kier alpha value is -1.03. The maximum atomic E-state index is 10.6. The molecule has 0 saturated carbocycles. The molecule has 0 rings (SSSR count). The van der Waals surface area contributed by atoms with Crippen LogP contribution in [0, 0.1) is 0 Å². The van der Waals surface area contributed by atoms with Crippen LogP contribution in [0.4, 0.5) is 4.79 Å². The van der Waals surface area contributed by atoms with E-state index in [-0.39, 0.29) is 13.2 Å². The van der Waals surface area contributed by atoms with Crippen LogP contribution in [0.5, 0.6) is 0 Å². The Morgan fingerprint density at radius 3 is 3.00 bits per heavy atom. The smallest absolute Gasteiger partial charge is 0.407 e. The third kappa shape index (κ3) is 6.86. The third-order valence-electron chi connectivity index (χ3n) is 0.937. The summed E-state index contributed by atoms with van der Waals surface area (Å²) in [5, 5.41) is 10.8. The molecule has 64 valence electrons. The van der Waals surface area contributed by atoms with Crippen molar-refractivity contribution in [2.75, 3.05) is 19.8 Å². The minimum absolute atomic E-state index is 0.0712. The first-order chi connectivity index (χ1) is 5.31. The van der Waals surface area contributed by atoms with Gasteiger partial charge in [-0.05, 0) is 6.42 Å². The molecule has 4 heteroatoms. The average Bonchev–Trinajstić information content (AvgIpc) is 2.01. The van der Waals surface area contributed by atoms with Crippen molar-refractivity contribution in [3.63, 3.8) is 0 Å². The van der Waals surface area contributed by atoms with Crippen LogP contribution in [0.3, 0.4) is 0 Å². The first-order valence-corrected chi connectivity index (χ1v) is 3.43. The van der Waals surface area contributed by atoms with Gasteiger partial charge in [-0.3, -0.25) is 0 Å². The summed E-state index contributed by atoms with van der Waals surface area (Å²) >= 11 is 0. The number of nitrogens with one attached hydrogen (secondary N) is 1. The summed E-state index contributed by atoms with van der Waals surface area (Å²) in [6.07, 6.45) is 1.56. The van der Waals surface area contributed by atoms with E-state index in [4.69, 9.17) is 5.11 Å². The molecular formula is C7H13NO3. The first-order valence-electron chi connectivity index (χ1n) is 3.43. The number of carbonyl (C=O) groups is 1. The summed E-state index contributed by atoms with van der Waals surface area (Å²) in [5.41, 5.74) is 0. The van der Waals surface area contributed by atoms with E-state index in [1.54, 1.807) is 0 Å². The predicted molar refractivity (Wildman–Crippen MR) is 41.3 cm³/mol. The molecule has 0 heterocycles. The number of amides is 1. The predicted octanol–water partition coefficient (Wildman–Crippen LogP) is 0.281. The quantitative estimate of drug-likeness (QED) is 0.447. The number of carbonyl (C=O) groups excluding carboxylic acids is 1. The van der Waals surface area contributed by atoms with E-state index in [2.05, 4.69) is 16.6 Å². The summed E-state index contributed by atoms with van der Waals surface area (Å²) in [6.45, 7) is 4.11. The Morgan fingerprint density at radius 2 is 2.45 bits per heavy atom. The molecule has 0 bridgehead atoms. The molecule has 4 nitrogen and oxygen atoms in total. The minimum Gasteiger partial charge on any atom is -0.445 e. The summed E-state index contributed by atoms with van der Waals surface area (Å²) in [5.74, 6) is 0. The van der Waals surface area contributed by atoms with Crippen LogP contribution in [-0.2, 0) is 4.74 Å². The third-order valence-corrected chi connectivity index (χ3v) is 0.937. The number of aliphatic hydroxyl groups excluding tert-OH is 1. The highest BCUT2D eigenvalue weighted by Crippen LogP contribution is 1.79. The lowest BCUT2D eigenvalue weighted by atomic mass is 10.5. The normalized spacial score (nSPS) is 8.82. The summed E-state index contributed by atoms with van der Waals surface area (Å²) in [7, 11) is 0. The number of rotatable bonds is 5. The highest BCUT2D eigenvalue weighted by molar-refractivity contribution is 5.67. The van der Waals surface area contributed by atoms with Crippen molar-refractivity contribution in [1.29, 1.82) is 0 Å². The maximum Gasteiger partial charge on any atom is 0.407 e. The van der Waals surface area contributed by atoms with Gasteiger partial charge in [-0.15, -0.1) is 0 Å². The number of alkyl carbamates (subject to hydrolysis) is 1. The number of hydrogen-bond acceptors (Lipinski definition) is 3. The average molecular weight is 159 g/mol. The van der Waals surface area contributed by atoms with Gasteiger partial charge in [0.1, 0.15) is 6.61 Å². The molecule has 0 aromatic rings. The first kappa shape index (κ1) is 9.97. The van der Waals surface area contributed by atoms with E-state index in [1.165, 1.54) is 6.08 Å². The van der Waals surface area contributed by atoms with E-state index in [0.29, 0.717) is 13.0 Å². The Kier molecular flexibility index (Phi) is 6.42. The summed E-state index contributed by atoms with van der Waals surface area (Å²) < 4.78 is 4.59. The van der Waals surface area contributed by atoms with Crippen molar-refractivity contribution < 1.29 is 14.6 Å². The lowest BCUT2D eigenvalue weighted by Crippen LogP contribution is -2.25. The Bertz CT molecular complexity index is 125. The molecule has 0 aromatic carbocycles. The molecule has 0 aliphatic heterocycles. The molecule has 2 N–H and O–H groups in total. The topological polar surface area (TPSA) is 58.6 Å². The molecule has 0 fully saturated rings. The standard InChI is InChI=1S/C7H13NO3/c1-2-6-11-7(10)8-4-3-5-9/h2,9H,1,3-6H2,(H,8,10). The fourth-order valence-corrected chi connectivity index (χ4v) is 0.455. The minimum atomic E-state index is -0.474. The van der Waals surface area contributed by atoms with Crippen molar-refractivity contribution in [2.45, 2.75) is 6.42 Å². The van der Waals surface area contributed by atoms with Crippen LogP contribution in [-0.4, -0.2) is 31.0 Å². The zero-order chi connectivity index (χ0) is 8.53. The van der Waals surface area contributed by atoms with Gasteiger partial charge in [0.05, 0.1) is 0 Å². The second kappa shape index (κ2) is 7.08. The summed E-state index contributed by atoms with van der Waals surface area (Å²) in [4.78, 5) is 10.6. The molecule has 0 aliphatic rings. The van der Waals surface area contributed by atoms with Crippen LogP contribution >= 0.6 is 0 Å². The van der Waals surface area contributed by atoms with Crippen LogP contribution in [0.25, 0.3) is 0 Å². The number of aliphatic hydroxyl groups is 1. The maximum absolute atomic E-state index is 10.6. The van der Waals surface area contributed by atoms with Crippen molar-refractivity contribution in [2.24, 2.45) is 0 Å². The fourth-order valence-electron chi connectivity index (χ4n) is 0.455. The van der Waals surface area contributed by atoms with Gasteiger partial charge >= 0.3 is 6.09 Å². The molecule has 0 aromatic heterocycles. The van der Waals surface area contributed by atoms with Gasteiger partial charge in [0, 0.05) is 13.2 Å². The van der Waals surface area contributed by atoms with Gasteiger partial charge in [0.15, 0.2) is 0 Å². The van der Waals surface area contributed by atoms with Crippen LogP contribution in [0.1, 0.15) is 6.42 Å². The molecule has 0 radical (unpaired) electrons. The molecule has 0 aliphatic carbocycles. The van der Waals surface area contributed by atoms with Gasteiger partial charge in [0.2, 0.25) is 0 Å². The van der Waals surface area contributed by atoms with Crippen LogP contribution in [0.2, 0.25) is 0 Å². The second-order valence-electron chi connectivity index (χ2n) is 1.89. The van der Waals surface area contributed by atoms with E-state index in [1.807, 2.05) is 0 Å². The van der Waals surface area contributed by atoms with Crippen molar-refractivity contribution in [3.05, 3.63) is 12.7 Å². The Morgan fingerprint density at radius 1 is 1.73 bits per heavy atom. The van der Waals surface area contributed by atoms with E-state index in [0.717, 1.165) is 0 Å². The zero-order valence-electron chi connectivity index (χ0n) is 6.38. The van der Waals surface area contributed by atoms with Crippen LogP contribution < -0.4 is 5.32 Å². The van der Waals surface area contributed by atoms with E-state index < -0.39 is 6.09 Å². The van der Waals surface area contributed by atoms with Crippen molar-refractivity contribution >= 4 is 6.09 Å². The van der Waals surface area contributed by atoms with Gasteiger partial charge in [-0.2, -0.15) is 0 Å². The molecule has 0 atom stereocenters. The highest BCUT2D eigenvalue weighted by Gasteiger charge is 1.96. The van der Waals surface area contributed by atoms with E-state index in [9.17, 15) is 4.79 Å². The molecular weight excluding hydrogens is 146 g/mol. The molecule has 1 amide bonds. The van der Waals surface area contributed by atoms with E-state index >= 15 is 0 Å². The Balaban J connectivity index is 3.15. The van der Waals surface area contributed by atoms with Crippen molar-refractivity contribution in [1.82, 2.24) is 5.32 Å². The molecule has 11 heavy (non-hydrogen) atoms. The lowest BCUT2D eigenvalue weighted by molar-refractivity contribution is 0.157. The fraction of sp³-hybridized carbons (Fsp3) is 0.571. The molecule has 0 spiro atoms. The zero-order valence-corrected chi connectivity index (χ0v) is 6.38. The lowest BCUT2D eigenvalue weighted by Gasteiger charge is -2.02. The highest BCUT2D eigenvalue weighted by atomic mass is 16.5. The molecule has 0 unspecified atom stereocenters. The summed E-state index contributed by atoms with van der Waals surface area (Å²) in [6, 6.07) is 0. The molecule has 0 saturated heterocycles. The second-order valence-corrected chi connectivity index (χ2v) is 1.89. The van der Waals surface area contributed by atoms with Gasteiger partial charge in [0.25, 0.3) is 0 Å². The number of hydrogen-bond donors (Lipinski definition) is 2. The van der Waals surface area contributed by atoms with Gasteiger partial charge in [-0.1, -0.05) is 12.7 Å².